The quantitative estimate of drug-likeness (QED) is 0.780. The summed E-state index contributed by atoms with van der Waals surface area (Å²) < 4.78 is 7.49. The molecule has 3 heteroatoms. The maximum absolute atomic E-state index is 6.35. The van der Waals surface area contributed by atoms with Crippen LogP contribution in [0.4, 0.5) is 0 Å². The van der Waals surface area contributed by atoms with Crippen LogP contribution in [0.2, 0.25) is 0 Å². The zero-order valence-electron chi connectivity index (χ0n) is 12.2. The van der Waals surface area contributed by atoms with E-state index in [-0.39, 0.29) is 0 Å². The van der Waals surface area contributed by atoms with Gasteiger partial charge in [0.05, 0.1) is 0 Å². The summed E-state index contributed by atoms with van der Waals surface area (Å²) >= 11 is 3.57. The molecule has 3 rings (SSSR count). The smallest absolute Gasteiger partial charge is 0.124 e. The molecule has 0 radical (unpaired) electrons. The Hall–Kier alpha value is -0.540. The molecule has 1 fully saturated rings. The third-order valence-electron chi connectivity index (χ3n) is 4.87. The molecule has 1 aromatic carbocycles. The minimum absolute atomic E-state index is 0.388. The van der Waals surface area contributed by atoms with Crippen LogP contribution in [-0.2, 0) is 0 Å². The Kier molecular flexibility index (Phi) is 4.67. The van der Waals surface area contributed by atoms with E-state index < -0.39 is 0 Å². The molecule has 0 aromatic heterocycles. The highest BCUT2D eigenvalue weighted by atomic mass is 79.9. The molecule has 1 aliphatic heterocycles. The summed E-state index contributed by atoms with van der Waals surface area (Å²) in [6.07, 6.45) is 9.73. The zero-order chi connectivity index (χ0) is 13.9. The van der Waals surface area contributed by atoms with E-state index in [1.54, 1.807) is 0 Å². The number of hydrogen-bond acceptors (Lipinski definition) is 2. The maximum Gasteiger partial charge on any atom is 0.124 e. The van der Waals surface area contributed by atoms with Crippen LogP contribution < -0.4 is 10.1 Å². The number of benzene rings is 1. The Morgan fingerprint density at radius 2 is 1.90 bits per heavy atom. The average Bonchev–Trinajstić information content (AvgIpc) is 2.75. The topological polar surface area (TPSA) is 21.3 Å². The molecule has 1 N–H and O–H groups in total. The van der Waals surface area contributed by atoms with E-state index >= 15 is 0 Å². The molecular weight excluding hydrogens is 314 g/mol. The van der Waals surface area contributed by atoms with Crippen molar-refractivity contribution in [3.05, 3.63) is 28.2 Å². The Bertz CT molecular complexity index is 454. The van der Waals surface area contributed by atoms with E-state index in [0.29, 0.717) is 12.1 Å². The number of ether oxygens (including phenoxy) is 1. The van der Waals surface area contributed by atoms with Crippen LogP contribution in [0, 0.1) is 5.92 Å². The fourth-order valence-corrected chi connectivity index (χ4v) is 4.09. The fourth-order valence-electron chi connectivity index (χ4n) is 3.71. The molecule has 0 spiro atoms. The van der Waals surface area contributed by atoms with Gasteiger partial charge in [-0.05, 0) is 44.0 Å². The van der Waals surface area contributed by atoms with Gasteiger partial charge in [-0.2, -0.15) is 0 Å². The predicted octanol–water partition coefficient (Wildman–Crippen LogP) is 4.83. The number of nitrogens with one attached hydrogen (secondary N) is 1. The van der Waals surface area contributed by atoms with E-state index in [0.717, 1.165) is 22.6 Å². The van der Waals surface area contributed by atoms with Crippen LogP contribution in [0.15, 0.2) is 22.7 Å². The van der Waals surface area contributed by atoms with Gasteiger partial charge in [0, 0.05) is 22.5 Å². The number of hydrogen-bond donors (Lipinski definition) is 1. The standard InChI is InChI=1S/C17H24BrNO/c1-19-15-11-17(12-6-4-2-3-5-7-12)20-16-9-8-13(18)10-14(15)16/h8-10,12,15,17,19H,2-7,11H2,1H3. The molecule has 0 amide bonds. The molecule has 1 aliphatic carbocycles. The van der Waals surface area contributed by atoms with Gasteiger partial charge in [0.25, 0.3) is 0 Å². The van der Waals surface area contributed by atoms with Crippen LogP contribution >= 0.6 is 15.9 Å². The number of halogens is 1. The predicted molar refractivity (Wildman–Crippen MR) is 86.2 cm³/mol. The molecule has 0 saturated heterocycles. The van der Waals surface area contributed by atoms with Crippen molar-refractivity contribution in [2.24, 2.45) is 5.92 Å². The third-order valence-corrected chi connectivity index (χ3v) is 5.36. The van der Waals surface area contributed by atoms with E-state index in [9.17, 15) is 0 Å². The van der Waals surface area contributed by atoms with Crippen molar-refractivity contribution in [1.29, 1.82) is 0 Å². The van der Waals surface area contributed by atoms with Crippen LogP contribution in [0.3, 0.4) is 0 Å². The molecule has 20 heavy (non-hydrogen) atoms. The van der Waals surface area contributed by atoms with Crippen molar-refractivity contribution in [3.8, 4) is 5.75 Å². The summed E-state index contributed by atoms with van der Waals surface area (Å²) in [4.78, 5) is 0. The van der Waals surface area contributed by atoms with Gasteiger partial charge in [-0.3, -0.25) is 0 Å². The van der Waals surface area contributed by atoms with Crippen LogP contribution in [0.25, 0.3) is 0 Å². The van der Waals surface area contributed by atoms with Crippen molar-refractivity contribution < 1.29 is 4.74 Å². The second-order valence-electron chi connectivity index (χ2n) is 6.17. The Morgan fingerprint density at radius 1 is 1.15 bits per heavy atom. The van der Waals surface area contributed by atoms with E-state index in [4.69, 9.17) is 4.74 Å². The highest BCUT2D eigenvalue weighted by Crippen LogP contribution is 2.40. The van der Waals surface area contributed by atoms with Gasteiger partial charge in [-0.1, -0.05) is 41.6 Å². The highest BCUT2D eigenvalue weighted by Gasteiger charge is 2.32. The Morgan fingerprint density at radius 3 is 2.60 bits per heavy atom. The van der Waals surface area contributed by atoms with Gasteiger partial charge in [0.15, 0.2) is 0 Å². The minimum Gasteiger partial charge on any atom is -0.490 e. The number of fused-ring (bicyclic) bond motifs is 1. The average molecular weight is 338 g/mol. The first-order valence-corrected chi connectivity index (χ1v) is 8.70. The fraction of sp³-hybridized carbons (Fsp3) is 0.647. The molecule has 1 saturated carbocycles. The van der Waals surface area contributed by atoms with Gasteiger partial charge in [-0.15, -0.1) is 0 Å². The molecule has 2 atom stereocenters. The molecule has 110 valence electrons. The summed E-state index contributed by atoms with van der Waals surface area (Å²) in [7, 11) is 2.06. The van der Waals surface area contributed by atoms with Gasteiger partial charge < -0.3 is 10.1 Å². The molecule has 2 aliphatic rings. The van der Waals surface area contributed by atoms with E-state index in [1.165, 1.54) is 44.1 Å². The lowest BCUT2D eigenvalue weighted by Gasteiger charge is -2.36. The van der Waals surface area contributed by atoms with Crippen molar-refractivity contribution >= 4 is 15.9 Å². The van der Waals surface area contributed by atoms with Gasteiger partial charge in [0.2, 0.25) is 0 Å². The normalized spacial score (nSPS) is 27.5. The van der Waals surface area contributed by atoms with Gasteiger partial charge >= 0.3 is 0 Å². The number of rotatable bonds is 2. The second kappa shape index (κ2) is 6.48. The summed E-state index contributed by atoms with van der Waals surface area (Å²) in [5.41, 5.74) is 1.30. The highest BCUT2D eigenvalue weighted by molar-refractivity contribution is 9.10. The van der Waals surface area contributed by atoms with Crippen LogP contribution in [0.5, 0.6) is 5.75 Å². The first kappa shape index (κ1) is 14.4. The molecule has 1 heterocycles. The van der Waals surface area contributed by atoms with Gasteiger partial charge in [-0.25, -0.2) is 0 Å². The first-order valence-electron chi connectivity index (χ1n) is 7.91. The summed E-state index contributed by atoms with van der Waals surface area (Å²) in [6.45, 7) is 0. The van der Waals surface area contributed by atoms with E-state index in [1.807, 2.05) is 0 Å². The molecule has 0 bridgehead atoms. The lowest BCUT2D eigenvalue weighted by Crippen LogP contribution is -2.36. The van der Waals surface area contributed by atoms with Crippen molar-refractivity contribution in [2.45, 2.75) is 57.1 Å². The largest absolute Gasteiger partial charge is 0.490 e. The lowest BCUT2D eigenvalue weighted by molar-refractivity contribution is 0.0856. The summed E-state index contributed by atoms with van der Waals surface area (Å²) in [5, 5.41) is 3.47. The molecule has 1 aromatic rings. The monoisotopic (exact) mass is 337 g/mol. The van der Waals surface area contributed by atoms with Crippen molar-refractivity contribution in [1.82, 2.24) is 5.32 Å². The summed E-state index contributed by atoms with van der Waals surface area (Å²) in [6, 6.07) is 6.82. The summed E-state index contributed by atoms with van der Waals surface area (Å²) in [5.74, 6) is 1.82. The molecule has 2 nitrogen and oxygen atoms in total. The first-order chi connectivity index (χ1) is 9.78. The Balaban J connectivity index is 1.81. The molecular formula is C17H24BrNO. The third kappa shape index (κ3) is 3.04. The minimum atomic E-state index is 0.388. The van der Waals surface area contributed by atoms with Gasteiger partial charge in [0.1, 0.15) is 11.9 Å². The Labute approximate surface area is 130 Å². The van der Waals surface area contributed by atoms with E-state index in [2.05, 4.69) is 46.5 Å². The SMILES string of the molecule is CNC1CC(C2CCCCCC2)Oc2ccc(Br)cc21. The molecule has 2 unspecified atom stereocenters. The van der Waals surface area contributed by atoms with Crippen molar-refractivity contribution in [2.75, 3.05) is 7.05 Å². The van der Waals surface area contributed by atoms with Crippen LogP contribution in [0.1, 0.15) is 56.6 Å². The van der Waals surface area contributed by atoms with Crippen molar-refractivity contribution in [3.63, 3.8) is 0 Å². The lowest BCUT2D eigenvalue weighted by atomic mass is 9.86. The second-order valence-corrected chi connectivity index (χ2v) is 7.08. The van der Waals surface area contributed by atoms with Crippen LogP contribution in [-0.4, -0.2) is 13.2 Å². The maximum atomic E-state index is 6.35. The zero-order valence-corrected chi connectivity index (χ0v) is 13.8.